The molecule has 1 unspecified atom stereocenters. The van der Waals surface area contributed by atoms with Crippen molar-refractivity contribution in [2.24, 2.45) is 0 Å². The second kappa shape index (κ2) is 5.32. The van der Waals surface area contributed by atoms with Crippen LogP contribution in [0.5, 0.6) is 0 Å². The molecule has 0 aliphatic heterocycles. The van der Waals surface area contributed by atoms with E-state index in [1.54, 1.807) is 18.2 Å². The zero-order valence-electron chi connectivity index (χ0n) is 4.86. The maximum absolute atomic E-state index is 10.2. The molecule has 0 fully saturated rings. The van der Waals surface area contributed by atoms with Crippen molar-refractivity contribution in [1.29, 1.82) is 0 Å². The van der Waals surface area contributed by atoms with Gasteiger partial charge in [0.2, 0.25) is 0 Å². The first kappa shape index (κ1) is 8.18. The van der Waals surface area contributed by atoms with Gasteiger partial charge in [0.25, 0.3) is 0 Å². The highest BCUT2D eigenvalue weighted by atomic mass is 31.0. The van der Waals surface area contributed by atoms with E-state index in [1.165, 1.54) is 12.4 Å². The molecular formula is C5H8NO2P. The maximum Gasteiger partial charge on any atom is 0.180 e. The SMILES string of the molecule is O=[PH3].[O-][n+]1ccccc1. The first-order valence-electron chi connectivity index (χ1n) is 2.32. The van der Waals surface area contributed by atoms with E-state index in [-0.39, 0.29) is 0 Å². The number of nitrogens with zero attached hydrogens (tertiary/aromatic N) is 1. The summed E-state index contributed by atoms with van der Waals surface area (Å²) in [5.74, 6) is 0. The standard InChI is InChI=1S/C5H5NO.H3OP/c7-6-4-2-1-3-5-6;1-2/h1-5H;2H3. The molecule has 1 atom stereocenters. The monoisotopic (exact) mass is 145 g/mol. The van der Waals surface area contributed by atoms with Crippen molar-refractivity contribution in [2.45, 2.75) is 0 Å². The van der Waals surface area contributed by atoms with E-state index in [0.717, 1.165) is 4.73 Å². The Morgan fingerprint density at radius 1 is 1.11 bits per heavy atom. The highest BCUT2D eigenvalue weighted by molar-refractivity contribution is 7.00. The van der Waals surface area contributed by atoms with Crippen LogP contribution in [0.2, 0.25) is 0 Å². The van der Waals surface area contributed by atoms with Crippen LogP contribution < -0.4 is 4.73 Å². The minimum absolute atomic E-state index is 0.611. The first-order chi connectivity index (χ1) is 4.39. The molecule has 0 radical (unpaired) electrons. The van der Waals surface area contributed by atoms with Crippen molar-refractivity contribution in [3.05, 3.63) is 35.8 Å². The lowest BCUT2D eigenvalue weighted by atomic mass is 10.5. The Morgan fingerprint density at radius 3 is 1.78 bits per heavy atom. The van der Waals surface area contributed by atoms with Gasteiger partial charge in [0, 0.05) is 12.1 Å². The first-order valence-corrected chi connectivity index (χ1v) is 2.90. The van der Waals surface area contributed by atoms with Crippen LogP contribution in [0.1, 0.15) is 0 Å². The van der Waals surface area contributed by atoms with Gasteiger partial charge in [-0.1, -0.05) is 6.07 Å². The van der Waals surface area contributed by atoms with Gasteiger partial charge in [-0.25, -0.2) is 0 Å². The summed E-state index contributed by atoms with van der Waals surface area (Å²) >= 11 is 0. The average molecular weight is 145 g/mol. The molecule has 1 aromatic heterocycles. The van der Waals surface area contributed by atoms with Crippen molar-refractivity contribution in [2.75, 3.05) is 0 Å². The molecule has 4 heteroatoms. The predicted octanol–water partition coefficient (Wildman–Crippen LogP) is 0.259. The molecule has 0 aromatic carbocycles. The summed E-state index contributed by atoms with van der Waals surface area (Å²) in [6.45, 7) is 0. The van der Waals surface area contributed by atoms with Gasteiger partial charge in [-0.2, -0.15) is 4.73 Å². The highest BCUT2D eigenvalue weighted by Gasteiger charge is 1.74. The van der Waals surface area contributed by atoms with E-state index >= 15 is 0 Å². The summed E-state index contributed by atoms with van der Waals surface area (Å²) in [4.78, 5) is 0. The highest BCUT2D eigenvalue weighted by Crippen LogP contribution is 1.72. The van der Waals surface area contributed by atoms with Crippen LogP contribution in [0.4, 0.5) is 0 Å². The van der Waals surface area contributed by atoms with Crippen LogP contribution in [0.15, 0.2) is 30.6 Å². The Labute approximate surface area is 55.2 Å². The molecule has 3 nitrogen and oxygen atoms in total. The van der Waals surface area contributed by atoms with Gasteiger partial charge in [-0.3, -0.25) is 0 Å². The number of rotatable bonds is 0. The van der Waals surface area contributed by atoms with Crippen LogP contribution in [0.3, 0.4) is 0 Å². The topological polar surface area (TPSA) is 44.0 Å². The summed E-state index contributed by atoms with van der Waals surface area (Å²) in [5.41, 5.74) is 0. The molecule has 1 rings (SSSR count). The fourth-order valence-corrected chi connectivity index (χ4v) is 0.383. The average Bonchev–Trinajstić information content (AvgIpc) is 1.94. The third-order valence-electron chi connectivity index (χ3n) is 0.688. The lowest BCUT2D eigenvalue weighted by Crippen LogP contribution is -2.22. The lowest BCUT2D eigenvalue weighted by molar-refractivity contribution is -0.605. The van der Waals surface area contributed by atoms with Crippen LogP contribution in [0, 0.1) is 5.21 Å². The lowest BCUT2D eigenvalue weighted by Gasteiger charge is -1.88. The third-order valence-corrected chi connectivity index (χ3v) is 0.688. The summed E-state index contributed by atoms with van der Waals surface area (Å²) in [6.07, 6.45) is 2.89. The van der Waals surface area contributed by atoms with Crippen LogP contribution in [0.25, 0.3) is 0 Å². The van der Waals surface area contributed by atoms with Crippen molar-refractivity contribution < 1.29 is 9.30 Å². The largest absolute Gasteiger partial charge is 0.619 e. The summed E-state index contributed by atoms with van der Waals surface area (Å²) in [5, 5.41) is 10.2. The van der Waals surface area contributed by atoms with Crippen molar-refractivity contribution in [3.8, 4) is 0 Å². The summed E-state index contributed by atoms with van der Waals surface area (Å²) < 4.78 is 9.03. The normalized spacial score (nSPS) is 7.56. The van der Waals surface area contributed by atoms with Gasteiger partial charge in [0.15, 0.2) is 12.4 Å². The zero-order chi connectivity index (χ0) is 7.11. The second-order valence-corrected chi connectivity index (χ2v) is 1.24. The summed E-state index contributed by atoms with van der Waals surface area (Å²) in [6, 6.07) is 5.18. The van der Waals surface area contributed by atoms with Gasteiger partial charge < -0.3 is 9.77 Å². The Balaban J connectivity index is 0.000000291. The quantitative estimate of drug-likeness (QED) is 0.298. The fraction of sp³-hybridized carbons (Fsp3) is 0. The Bertz CT molecular complexity index is 156. The van der Waals surface area contributed by atoms with Crippen LogP contribution in [-0.2, 0) is 4.57 Å². The molecule has 0 bridgehead atoms. The molecule has 0 aliphatic rings. The molecule has 0 saturated carbocycles. The van der Waals surface area contributed by atoms with Gasteiger partial charge >= 0.3 is 0 Å². The number of hydrogen-bond donors (Lipinski definition) is 0. The molecule has 1 aromatic rings. The van der Waals surface area contributed by atoms with E-state index in [0.29, 0.717) is 9.12 Å². The maximum atomic E-state index is 10.2. The van der Waals surface area contributed by atoms with Gasteiger partial charge in [0.05, 0.1) is 9.12 Å². The predicted molar refractivity (Wildman–Crippen MR) is 37.2 cm³/mol. The van der Waals surface area contributed by atoms with Gasteiger partial charge in [-0.05, 0) is 0 Å². The Morgan fingerprint density at radius 2 is 1.56 bits per heavy atom. The number of aromatic nitrogens is 1. The third kappa shape index (κ3) is 3.74. The fourth-order valence-electron chi connectivity index (χ4n) is 0.383. The van der Waals surface area contributed by atoms with E-state index in [2.05, 4.69) is 0 Å². The number of hydrogen-bond acceptors (Lipinski definition) is 2. The number of pyridine rings is 1. The van der Waals surface area contributed by atoms with Crippen LogP contribution in [-0.4, -0.2) is 0 Å². The van der Waals surface area contributed by atoms with Gasteiger partial charge in [-0.15, -0.1) is 0 Å². The zero-order valence-corrected chi connectivity index (χ0v) is 6.27. The molecular weight excluding hydrogens is 137 g/mol. The smallest absolute Gasteiger partial charge is 0.180 e. The van der Waals surface area contributed by atoms with E-state index < -0.39 is 0 Å². The minimum atomic E-state index is 0.611. The van der Waals surface area contributed by atoms with Crippen LogP contribution >= 0.6 is 9.12 Å². The Kier molecular flexibility index (Phi) is 4.83. The molecule has 1 heterocycles. The van der Waals surface area contributed by atoms with E-state index in [9.17, 15) is 5.21 Å². The minimum Gasteiger partial charge on any atom is -0.619 e. The van der Waals surface area contributed by atoms with E-state index in [1.807, 2.05) is 0 Å². The van der Waals surface area contributed by atoms with Gasteiger partial charge in [0.1, 0.15) is 0 Å². The second-order valence-electron chi connectivity index (χ2n) is 1.24. The summed E-state index contributed by atoms with van der Waals surface area (Å²) in [7, 11) is 0.611. The van der Waals surface area contributed by atoms with Crippen molar-refractivity contribution in [3.63, 3.8) is 0 Å². The Hall–Kier alpha value is -0.820. The van der Waals surface area contributed by atoms with Crippen molar-refractivity contribution in [1.82, 2.24) is 0 Å². The molecule has 0 saturated heterocycles. The van der Waals surface area contributed by atoms with Crippen molar-refractivity contribution >= 4 is 9.12 Å². The molecule has 9 heavy (non-hydrogen) atoms. The molecule has 0 aliphatic carbocycles. The molecule has 50 valence electrons. The molecule has 0 amide bonds. The molecule has 0 spiro atoms. The van der Waals surface area contributed by atoms with E-state index in [4.69, 9.17) is 4.57 Å². The molecule has 0 N–H and O–H groups in total.